The Morgan fingerprint density at radius 1 is 1.30 bits per heavy atom. The number of para-hydroxylation sites is 1. The van der Waals surface area contributed by atoms with Crippen LogP contribution in [0.4, 0.5) is 0 Å². The summed E-state index contributed by atoms with van der Waals surface area (Å²) in [5.41, 5.74) is -2.43. The average molecular weight is 409 g/mol. The predicted octanol–water partition coefficient (Wildman–Crippen LogP) is -0.0815. The topological polar surface area (TPSA) is 134 Å². The number of H-pyrrole nitrogens is 1. The molecular weight excluding hydrogens is 394 g/mol. The van der Waals surface area contributed by atoms with E-state index in [4.69, 9.17) is 11.6 Å². The third kappa shape index (κ3) is 2.60. The van der Waals surface area contributed by atoms with Crippen molar-refractivity contribution in [3.05, 3.63) is 36.0 Å². The molecule has 0 aliphatic heterocycles. The van der Waals surface area contributed by atoms with Gasteiger partial charge in [0.05, 0.1) is 6.61 Å². The Bertz CT molecular complexity index is 718. The Balaban J connectivity index is 2.78. The van der Waals surface area contributed by atoms with Gasteiger partial charge in [-0.3, -0.25) is 0 Å². The largest absolute Gasteiger partial charge is 0.392 e. The van der Waals surface area contributed by atoms with E-state index in [1.54, 1.807) is 24.3 Å². The summed E-state index contributed by atoms with van der Waals surface area (Å²) < 4.78 is -2.61. The van der Waals surface area contributed by atoms with Gasteiger partial charge in [0, 0.05) is 22.7 Å². The second-order valence-electron chi connectivity index (χ2n) is 5.13. The summed E-state index contributed by atoms with van der Waals surface area (Å²) in [5.74, 6) is 0. The van der Waals surface area contributed by atoms with Crippen LogP contribution in [0.25, 0.3) is 10.9 Å². The second kappa shape index (κ2) is 6.14. The van der Waals surface area contributed by atoms with Gasteiger partial charge in [0.2, 0.25) is 5.06 Å². The van der Waals surface area contributed by atoms with E-state index in [2.05, 4.69) is 20.9 Å². The number of fused-ring (bicyclic) bond motifs is 1. The Kier molecular flexibility index (Phi) is 4.89. The van der Waals surface area contributed by atoms with E-state index in [0.29, 0.717) is 10.9 Å². The van der Waals surface area contributed by atoms with E-state index in [1.165, 1.54) is 6.20 Å². The lowest BCUT2D eigenvalue weighted by molar-refractivity contribution is -0.213. The number of aliphatic hydroxyl groups is 5. The highest BCUT2D eigenvalue weighted by Gasteiger charge is 2.65. The van der Waals surface area contributed by atoms with Gasteiger partial charge in [-0.1, -0.05) is 29.8 Å². The molecule has 0 amide bonds. The van der Waals surface area contributed by atoms with Crippen molar-refractivity contribution in [3.63, 3.8) is 0 Å². The Hall–Kier alpha value is -1.000. The quantitative estimate of drug-likeness (QED) is 0.292. The van der Waals surface area contributed by atoms with E-state index in [9.17, 15) is 30.3 Å². The van der Waals surface area contributed by atoms with Gasteiger partial charge in [0.1, 0.15) is 6.10 Å². The smallest absolute Gasteiger partial charge is 0.216 e. The molecule has 1 heterocycles. The number of rotatable bonds is 6. The fourth-order valence-corrected chi connectivity index (χ4v) is 2.99. The van der Waals surface area contributed by atoms with Crippen LogP contribution in [0, 0.1) is 0 Å². The number of aldehydes is 1. The van der Waals surface area contributed by atoms with Crippen LogP contribution >= 0.6 is 27.5 Å². The van der Waals surface area contributed by atoms with Gasteiger partial charge in [-0.2, -0.15) is 0 Å². The maximum absolute atomic E-state index is 11.1. The second-order valence-corrected chi connectivity index (χ2v) is 6.99. The minimum atomic E-state index is -3.06. The summed E-state index contributed by atoms with van der Waals surface area (Å²) in [6, 6.07) is 6.56. The number of nitrogens with one attached hydrogen (secondary N) is 1. The molecule has 0 saturated carbocycles. The minimum absolute atomic E-state index is 0.0322. The summed E-state index contributed by atoms with van der Waals surface area (Å²) in [6.45, 7) is -1.11. The molecule has 0 aliphatic rings. The van der Waals surface area contributed by atoms with Crippen LogP contribution in [0.2, 0.25) is 0 Å². The molecule has 7 nitrogen and oxygen atoms in total. The fraction of sp³-hybridized carbons (Fsp3) is 0.357. The van der Waals surface area contributed by atoms with E-state index < -0.39 is 27.9 Å². The van der Waals surface area contributed by atoms with Crippen molar-refractivity contribution >= 4 is 44.7 Å². The zero-order valence-electron chi connectivity index (χ0n) is 11.6. The number of carbonyl (C=O) groups excluding carboxylic acids is 1. The lowest BCUT2D eigenvalue weighted by Gasteiger charge is -2.46. The average Bonchev–Trinajstić information content (AvgIpc) is 2.97. The van der Waals surface area contributed by atoms with Crippen molar-refractivity contribution in [3.8, 4) is 0 Å². The first-order chi connectivity index (χ1) is 10.6. The first-order valence-corrected chi connectivity index (χ1v) is 7.66. The highest BCUT2D eigenvalue weighted by atomic mass is 79.9. The molecule has 2 rings (SSSR count). The van der Waals surface area contributed by atoms with Crippen LogP contribution in [-0.4, -0.2) is 59.1 Å². The molecule has 0 bridgehead atoms. The Labute approximate surface area is 144 Å². The maximum atomic E-state index is 11.1. The molecule has 0 spiro atoms. The monoisotopic (exact) mass is 407 g/mol. The number of benzene rings is 1. The van der Waals surface area contributed by atoms with Crippen molar-refractivity contribution in [1.82, 2.24) is 4.98 Å². The summed E-state index contributed by atoms with van der Waals surface area (Å²) in [5, 5.41) is 48.1. The Morgan fingerprint density at radius 2 is 1.91 bits per heavy atom. The third-order valence-electron chi connectivity index (χ3n) is 3.78. The summed E-state index contributed by atoms with van der Waals surface area (Å²) in [4.78, 5) is 13.9. The van der Waals surface area contributed by atoms with Gasteiger partial charge in [-0.25, -0.2) is 0 Å². The van der Waals surface area contributed by atoms with Gasteiger partial charge in [0.25, 0.3) is 0 Å². The van der Waals surface area contributed by atoms with Crippen LogP contribution in [-0.2, 0) is 10.4 Å². The van der Waals surface area contributed by atoms with Gasteiger partial charge >= 0.3 is 0 Å². The van der Waals surface area contributed by atoms with Crippen molar-refractivity contribution in [2.45, 2.75) is 21.3 Å². The lowest BCUT2D eigenvalue weighted by Crippen LogP contribution is -2.66. The van der Waals surface area contributed by atoms with Gasteiger partial charge in [-0.05, 0) is 22.0 Å². The molecule has 0 radical (unpaired) electrons. The molecule has 0 fully saturated rings. The SMILES string of the molecule is O=C[C@H](O)[C@](O)(c1c[nH]c2ccccc12)[C@@](O)(Cl)[C@@](O)(Br)CO. The number of alkyl halides is 2. The zero-order chi connectivity index (χ0) is 17.5. The van der Waals surface area contributed by atoms with Crippen LogP contribution in [0.3, 0.4) is 0 Å². The van der Waals surface area contributed by atoms with Crippen LogP contribution in [0.15, 0.2) is 30.5 Å². The molecular formula is C14H15BrClNO6. The van der Waals surface area contributed by atoms with Crippen LogP contribution in [0.5, 0.6) is 0 Å². The fourth-order valence-electron chi connectivity index (χ4n) is 2.42. The molecule has 126 valence electrons. The van der Waals surface area contributed by atoms with Crippen molar-refractivity contribution in [2.75, 3.05) is 6.61 Å². The number of hydrogen-bond donors (Lipinski definition) is 6. The molecule has 6 N–H and O–H groups in total. The summed E-state index contributed by atoms with van der Waals surface area (Å²) in [6.07, 6.45) is -0.986. The molecule has 0 saturated heterocycles. The van der Waals surface area contributed by atoms with Gasteiger partial charge < -0.3 is 35.3 Å². The molecule has 9 heteroatoms. The maximum Gasteiger partial charge on any atom is 0.216 e. The highest BCUT2D eigenvalue weighted by Crippen LogP contribution is 2.49. The molecule has 0 unspecified atom stereocenters. The number of carbonyl (C=O) groups is 1. The van der Waals surface area contributed by atoms with Crippen molar-refractivity contribution in [2.24, 2.45) is 0 Å². The molecule has 0 aliphatic carbocycles. The number of hydrogen-bond acceptors (Lipinski definition) is 6. The Morgan fingerprint density at radius 3 is 2.48 bits per heavy atom. The number of halogens is 2. The normalized spacial score (nSPS) is 21.2. The van der Waals surface area contributed by atoms with E-state index >= 15 is 0 Å². The van der Waals surface area contributed by atoms with E-state index in [-0.39, 0.29) is 11.8 Å². The van der Waals surface area contributed by atoms with Crippen molar-refractivity contribution in [1.29, 1.82) is 0 Å². The lowest BCUT2D eigenvalue weighted by atomic mass is 9.80. The zero-order valence-corrected chi connectivity index (χ0v) is 14.0. The number of aromatic amines is 1. The third-order valence-corrected chi connectivity index (χ3v) is 5.43. The first kappa shape index (κ1) is 18.3. The first-order valence-electron chi connectivity index (χ1n) is 6.49. The van der Waals surface area contributed by atoms with Crippen LogP contribution in [0.1, 0.15) is 5.56 Å². The molecule has 4 atom stereocenters. The summed E-state index contributed by atoms with van der Waals surface area (Å²) in [7, 11) is 0. The number of aliphatic hydroxyl groups excluding tert-OH is 2. The van der Waals surface area contributed by atoms with Gasteiger partial charge in [-0.15, -0.1) is 0 Å². The van der Waals surface area contributed by atoms with E-state index in [0.717, 1.165) is 0 Å². The van der Waals surface area contributed by atoms with Gasteiger partial charge in [0.15, 0.2) is 16.4 Å². The summed E-state index contributed by atoms with van der Waals surface area (Å²) >= 11 is 8.53. The standard InChI is InChI=1S/C14H15BrClNO6/c15-12(21,7-19)14(16,23)13(22,11(20)6-18)9-5-17-10-4-2-1-3-8(9)10/h1-6,11,17,19-23H,7H2/t11-,12+,13+,14+/m0/s1. The molecule has 23 heavy (non-hydrogen) atoms. The van der Waals surface area contributed by atoms with Crippen LogP contribution < -0.4 is 0 Å². The number of aromatic nitrogens is 1. The van der Waals surface area contributed by atoms with E-state index in [1.807, 2.05) is 0 Å². The van der Waals surface area contributed by atoms with Crippen molar-refractivity contribution < 1.29 is 30.3 Å². The molecule has 2 aromatic rings. The molecule has 1 aromatic carbocycles. The highest BCUT2D eigenvalue weighted by molar-refractivity contribution is 9.10. The minimum Gasteiger partial charge on any atom is -0.392 e. The predicted molar refractivity (Wildman–Crippen MR) is 86.0 cm³/mol. The molecule has 1 aromatic heterocycles.